The zero-order valence-electron chi connectivity index (χ0n) is 13.2. The van der Waals surface area contributed by atoms with Crippen LogP contribution in [0.3, 0.4) is 0 Å². The van der Waals surface area contributed by atoms with Crippen LogP contribution in [0.2, 0.25) is 0 Å². The van der Waals surface area contributed by atoms with Gasteiger partial charge in [0.2, 0.25) is 0 Å². The zero-order chi connectivity index (χ0) is 16.4. The third-order valence-corrected chi connectivity index (χ3v) is 4.39. The summed E-state index contributed by atoms with van der Waals surface area (Å²) in [5.41, 5.74) is 7.11. The molecule has 1 aliphatic heterocycles. The molecule has 0 bridgehead atoms. The summed E-state index contributed by atoms with van der Waals surface area (Å²) in [5.74, 6) is 1.05. The van der Waals surface area contributed by atoms with Crippen LogP contribution >= 0.6 is 0 Å². The Morgan fingerprint density at radius 3 is 3.04 bits per heavy atom. The van der Waals surface area contributed by atoms with Crippen molar-refractivity contribution in [3.8, 4) is 0 Å². The lowest BCUT2D eigenvalue weighted by Crippen LogP contribution is -2.37. The highest BCUT2D eigenvalue weighted by molar-refractivity contribution is 5.69. The highest BCUT2D eigenvalue weighted by atomic mass is 16.6. The summed E-state index contributed by atoms with van der Waals surface area (Å²) < 4.78 is 2.20. The normalized spacial score (nSPS) is 18.1. The number of anilines is 2. The lowest BCUT2D eigenvalue weighted by molar-refractivity contribution is -0.384. The fraction of sp³-hybridized carbons (Fsp3) is 0.438. The summed E-state index contributed by atoms with van der Waals surface area (Å²) in [6.07, 6.45) is 6.73. The largest absolute Gasteiger partial charge is 0.399 e. The van der Waals surface area contributed by atoms with Gasteiger partial charge in [0, 0.05) is 43.7 Å². The number of nitrogens with two attached hydrogens (primary N) is 1. The van der Waals surface area contributed by atoms with E-state index in [0.29, 0.717) is 11.4 Å². The van der Waals surface area contributed by atoms with Crippen LogP contribution in [0.5, 0.6) is 0 Å². The Hall–Kier alpha value is -2.57. The first-order valence-corrected chi connectivity index (χ1v) is 7.90. The van der Waals surface area contributed by atoms with Crippen LogP contribution in [0.25, 0.3) is 0 Å². The van der Waals surface area contributed by atoms with Gasteiger partial charge in [0.1, 0.15) is 11.5 Å². The average Bonchev–Trinajstić information content (AvgIpc) is 3.03. The summed E-state index contributed by atoms with van der Waals surface area (Å²) >= 11 is 0. The third kappa shape index (κ3) is 2.99. The minimum absolute atomic E-state index is 0.112. The predicted molar refractivity (Wildman–Crippen MR) is 89.6 cm³/mol. The van der Waals surface area contributed by atoms with E-state index in [1.165, 1.54) is 6.07 Å². The van der Waals surface area contributed by atoms with E-state index in [1.54, 1.807) is 12.1 Å². The number of piperidine rings is 1. The number of rotatable bonds is 4. The molecule has 23 heavy (non-hydrogen) atoms. The molecule has 0 unspecified atom stereocenters. The van der Waals surface area contributed by atoms with Gasteiger partial charge in [-0.1, -0.05) is 6.92 Å². The standard InChI is InChI=1S/C16H21N5O2/c1-2-16-18-7-9-20(16)13-4-3-8-19(11-13)15-10-12(17)5-6-14(15)21(22)23/h5-7,9-10,13H,2-4,8,11,17H2,1H3/t13-/m1/s1. The first kappa shape index (κ1) is 15.3. The Bertz CT molecular complexity index is 712. The van der Waals surface area contributed by atoms with Gasteiger partial charge in [-0.05, 0) is 25.0 Å². The van der Waals surface area contributed by atoms with E-state index in [2.05, 4.69) is 21.4 Å². The number of nitrogens with zero attached hydrogens (tertiary/aromatic N) is 4. The summed E-state index contributed by atoms with van der Waals surface area (Å²) in [6.45, 7) is 3.62. The van der Waals surface area contributed by atoms with Crippen LogP contribution in [0.1, 0.15) is 31.6 Å². The maximum absolute atomic E-state index is 11.3. The molecule has 2 N–H and O–H groups in total. The second kappa shape index (κ2) is 6.28. The minimum Gasteiger partial charge on any atom is -0.399 e. The first-order valence-electron chi connectivity index (χ1n) is 7.90. The topological polar surface area (TPSA) is 90.2 Å². The van der Waals surface area contributed by atoms with E-state index in [4.69, 9.17) is 5.73 Å². The number of nitro benzene ring substituents is 1. The van der Waals surface area contributed by atoms with Gasteiger partial charge in [-0.25, -0.2) is 4.98 Å². The number of aromatic nitrogens is 2. The van der Waals surface area contributed by atoms with Gasteiger partial charge in [0.05, 0.1) is 11.0 Å². The van der Waals surface area contributed by atoms with Gasteiger partial charge in [-0.15, -0.1) is 0 Å². The van der Waals surface area contributed by atoms with Crippen LogP contribution in [0.15, 0.2) is 30.6 Å². The van der Waals surface area contributed by atoms with Crippen molar-refractivity contribution in [3.05, 3.63) is 46.5 Å². The Labute approximate surface area is 134 Å². The molecule has 1 aromatic carbocycles. The Balaban J connectivity index is 1.90. The van der Waals surface area contributed by atoms with Crippen LogP contribution in [0, 0.1) is 10.1 Å². The average molecular weight is 315 g/mol. The predicted octanol–water partition coefficient (Wildman–Crippen LogP) is 2.78. The highest BCUT2D eigenvalue weighted by Crippen LogP contribution is 2.34. The van der Waals surface area contributed by atoms with Crippen molar-refractivity contribution in [2.75, 3.05) is 23.7 Å². The molecule has 122 valence electrons. The van der Waals surface area contributed by atoms with Crippen LogP contribution in [-0.2, 0) is 6.42 Å². The first-order chi connectivity index (χ1) is 11.1. The number of hydrogen-bond donors (Lipinski definition) is 1. The highest BCUT2D eigenvalue weighted by Gasteiger charge is 2.27. The number of nitrogen functional groups attached to an aromatic ring is 1. The Morgan fingerprint density at radius 1 is 1.48 bits per heavy atom. The van der Waals surface area contributed by atoms with Gasteiger partial charge < -0.3 is 15.2 Å². The smallest absolute Gasteiger partial charge is 0.292 e. The molecule has 1 atom stereocenters. The molecule has 1 fully saturated rings. The molecule has 0 saturated carbocycles. The molecule has 1 aliphatic rings. The molecular formula is C16H21N5O2. The van der Waals surface area contributed by atoms with E-state index in [9.17, 15) is 10.1 Å². The number of aryl methyl sites for hydroxylation is 1. The van der Waals surface area contributed by atoms with Crippen molar-refractivity contribution in [1.29, 1.82) is 0 Å². The van der Waals surface area contributed by atoms with Crippen molar-refractivity contribution in [2.24, 2.45) is 0 Å². The summed E-state index contributed by atoms with van der Waals surface area (Å²) in [7, 11) is 0. The van der Waals surface area contributed by atoms with Crippen molar-refractivity contribution in [2.45, 2.75) is 32.2 Å². The molecule has 3 rings (SSSR count). The number of hydrogen-bond acceptors (Lipinski definition) is 5. The molecular weight excluding hydrogens is 294 g/mol. The van der Waals surface area contributed by atoms with E-state index in [1.807, 2.05) is 12.4 Å². The fourth-order valence-electron chi connectivity index (χ4n) is 3.30. The molecule has 1 saturated heterocycles. The molecule has 2 heterocycles. The molecule has 7 heteroatoms. The second-order valence-electron chi connectivity index (χ2n) is 5.85. The minimum atomic E-state index is -0.340. The molecule has 0 radical (unpaired) electrons. The number of benzene rings is 1. The molecule has 1 aromatic heterocycles. The van der Waals surface area contributed by atoms with Crippen molar-refractivity contribution < 1.29 is 4.92 Å². The second-order valence-corrected chi connectivity index (χ2v) is 5.85. The Kier molecular flexibility index (Phi) is 4.18. The SMILES string of the molecule is CCc1nccn1[C@@H]1CCCN(c2cc(N)ccc2[N+](=O)[O-])C1. The number of nitro groups is 1. The van der Waals surface area contributed by atoms with E-state index < -0.39 is 0 Å². The van der Waals surface area contributed by atoms with Gasteiger partial charge in [-0.2, -0.15) is 0 Å². The number of imidazole rings is 1. The summed E-state index contributed by atoms with van der Waals surface area (Å²) in [6, 6.07) is 5.05. The molecule has 0 spiro atoms. The maximum Gasteiger partial charge on any atom is 0.292 e. The van der Waals surface area contributed by atoms with Crippen LogP contribution < -0.4 is 10.6 Å². The van der Waals surface area contributed by atoms with E-state index >= 15 is 0 Å². The van der Waals surface area contributed by atoms with Gasteiger partial charge >= 0.3 is 0 Å². The van der Waals surface area contributed by atoms with Crippen molar-refractivity contribution >= 4 is 17.1 Å². The van der Waals surface area contributed by atoms with Crippen LogP contribution in [0.4, 0.5) is 17.1 Å². The van der Waals surface area contributed by atoms with Gasteiger partial charge in [0.25, 0.3) is 5.69 Å². The molecule has 0 aliphatic carbocycles. The van der Waals surface area contributed by atoms with Crippen molar-refractivity contribution in [1.82, 2.24) is 9.55 Å². The molecule has 2 aromatic rings. The summed E-state index contributed by atoms with van der Waals surface area (Å²) in [4.78, 5) is 17.4. The molecule has 7 nitrogen and oxygen atoms in total. The van der Waals surface area contributed by atoms with E-state index in [0.717, 1.165) is 38.2 Å². The van der Waals surface area contributed by atoms with Gasteiger partial charge in [0.15, 0.2) is 0 Å². The zero-order valence-corrected chi connectivity index (χ0v) is 13.2. The quantitative estimate of drug-likeness (QED) is 0.532. The van der Waals surface area contributed by atoms with E-state index in [-0.39, 0.29) is 16.7 Å². The lowest BCUT2D eigenvalue weighted by Gasteiger charge is -2.35. The molecule has 0 amide bonds. The monoisotopic (exact) mass is 315 g/mol. The van der Waals surface area contributed by atoms with Crippen LogP contribution in [-0.4, -0.2) is 27.6 Å². The summed E-state index contributed by atoms with van der Waals surface area (Å²) in [5, 5.41) is 11.3. The van der Waals surface area contributed by atoms with Gasteiger partial charge in [-0.3, -0.25) is 10.1 Å². The Morgan fingerprint density at radius 2 is 2.30 bits per heavy atom. The third-order valence-electron chi connectivity index (χ3n) is 4.39. The lowest BCUT2D eigenvalue weighted by atomic mass is 10.0. The maximum atomic E-state index is 11.3. The van der Waals surface area contributed by atoms with Crippen molar-refractivity contribution in [3.63, 3.8) is 0 Å². The fourth-order valence-corrected chi connectivity index (χ4v) is 3.30.